The molecule has 1 aliphatic rings. The Hall–Kier alpha value is -3.89. The molecule has 0 aromatic heterocycles. The van der Waals surface area contributed by atoms with E-state index in [4.69, 9.17) is 4.43 Å². The van der Waals surface area contributed by atoms with Gasteiger partial charge in [0.05, 0.1) is 21.5 Å². The van der Waals surface area contributed by atoms with Crippen LogP contribution in [-0.4, -0.2) is 48.2 Å². The summed E-state index contributed by atoms with van der Waals surface area (Å²) in [6, 6.07) is 23.8. The fourth-order valence-electron chi connectivity index (χ4n) is 5.08. The Kier molecular flexibility index (Phi) is 7.75. The Morgan fingerprint density at radius 2 is 1.42 bits per heavy atom. The molecular formula is C28H31N3O6Si. The van der Waals surface area contributed by atoms with Gasteiger partial charge in [0.25, 0.3) is 25.6 Å². The van der Waals surface area contributed by atoms with E-state index in [9.17, 15) is 25.0 Å². The molecule has 4 rings (SSSR count). The van der Waals surface area contributed by atoms with E-state index in [1.54, 1.807) is 4.90 Å². The van der Waals surface area contributed by atoms with Crippen molar-refractivity contribution in [2.24, 2.45) is 0 Å². The van der Waals surface area contributed by atoms with Gasteiger partial charge in [0.1, 0.15) is 0 Å². The molecule has 1 amide bonds. The summed E-state index contributed by atoms with van der Waals surface area (Å²) in [5.41, 5.74) is -0.990. The molecule has 0 saturated carbocycles. The van der Waals surface area contributed by atoms with Gasteiger partial charge in [-0.1, -0.05) is 81.4 Å². The fourth-order valence-corrected chi connectivity index (χ4v) is 9.68. The van der Waals surface area contributed by atoms with E-state index in [1.807, 2.05) is 36.4 Å². The zero-order valence-corrected chi connectivity index (χ0v) is 22.7. The number of hydrogen-bond donors (Lipinski definition) is 0. The fraction of sp³-hybridized carbons (Fsp3) is 0.321. The van der Waals surface area contributed by atoms with Crippen LogP contribution in [0.4, 0.5) is 11.4 Å². The van der Waals surface area contributed by atoms with Crippen molar-refractivity contribution in [3.63, 3.8) is 0 Å². The van der Waals surface area contributed by atoms with Crippen molar-refractivity contribution in [1.82, 2.24) is 4.90 Å². The van der Waals surface area contributed by atoms with E-state index in [-0.39, 0.29) is 16.6 Å². The van der Waals surface area contributed by atoms with Gasteiger partial charge in [-0.15, -0.1) is 0 Å². The molecule has 198 valence electrons. The molecule has 1 fully saturated rings. The van der Waals surface area contributed by atoms with Crippen molar-refractivity contribution < 1.29 is 19.1 Å². The monoisotopic (exact) mass is 533 g/mol. The summed E-state index contributed by atoms with van der Waals surface area (Å²) in [5.74, 6) is -0.435. The summed E-state index contributed by atoms with van der Waals surface area (Å²) in [4.78, 5) is 35.4. The second-order valence-corrected chi connectivity index (χ2v) is 14.8. The third kappa shape index (κ3) is 5.51. The van der Waals surface area contributed by atoms with Crippen LogP contribution in [0.1, 0.15) is 44.0 Å². The molecule has 1 atom stereocenters. The number of nitro groups is 2. The van der Waals surface area contributed by atoms with Crippen LogP contribution >= 0.6 is 0 Å². The van der Waals surface area contributed by atoms with Gasteiger partial charge >= 0.3 is 0 Å². The first-order valence-electron chi connectivity index (χ1n) is 12.5. The molecule has 0 unspecified atom stereocenters. The van der Waals surface area contributed by atoms with Gasteiger partial charge in [-0.05, 0) is 28.3 Å². The molecule has 0 radical (unpaired) electrons. The quantitative estimate of drug-likeness (QED) is 0.123. The summed E-state index contributed by atoms with van der Waals surface area (Å²) in [5, 5.41) is 24.6. The molecule has 0 bridgehead atoms. The van der Waals surface area contributed by atoms with Crippen LogP contribution in [-0.2, 0) is 4.43 Å². The van der Waals surface area contributed by atoms with E-state index in [0.29, 0.717) is 19.6 Å². The molecule has 1 heterocycles. The number of rotatable bonds is 10. The van der Waals surface area contributed by atoms with Crippen molar-refractivity contribution in [3.05, 3.63) is 105 Å². The molecule has 38 heavy (non-hydrogen) atoms. The zero-order chi connectivity index (χ0) is 27.5. The van der Waals surface area contributed by atoms with Crippen molar-refractivity contribution in [2.75, 3.05) is 13.2 Å². The number of carbonyl (C=O) groups excluding carboxylic acids is 1. The highest BCUT2D eigenvalue weighted by Crippen LogP contribution is 2.37. The number of nitro benzene ring substituents is 2. The minimum Gasteiger partial charge on any atom is -0.407 e. The number of carbonyl (C=O) groups is 1. The van der Waals surface area contributed by atoms with E-state index >= 15 is 0 Å². The normalized spacial score (nSPS) is 15.2. The van der Waals surface area contributed by atoms with Gasteiger partial charge in [0.2, 0.25) is 0 Å². The average molecular weight is 534 g/mol. The van der Waals surface area contributed by atoms with E-state index in [2.05, 4.69) is 45.0 Å². The smallest absolute Gasteiger partial charge is 0.277 e. The average Bonchev–Trinajstić information content (AvgIpc) is 3.68. The molecule has 3 aromatic carbocycles. The largest absolute Gasteiger partial charge is 0.407 e. The molecule has 10 heteroatoms. The van der Waals surface area contributed by atoms with E-state index in [0.717, 1.165) is 24.6 Å². The number of hydrogen-bond acceptors (Lipinski definition) is 6. The van der Waals surface area contributed by atoms with Crippen LogP contribution in [0.2, 0.25) is 5.04 Å². The Morgan fingerprint density at radius 3 is 1.87 bits per heavy atom. The molecule has 9 nitrogen and oxygen atoms in total. The van der Waals surface area contributed by atoms with Crippen LogP contribution in [0.15, 0.2) is 78.9 Å². The lowest BCUT2D eigenvalue weighted by atomic mass is 10.1. The van der Waals surface area contributed by atoms with Crippen LogP contribution in [0.5, 0.6) is 0 Å². The zero-order valence-electron chi connectivity index (χ0n) is 21.7. The van der Waals surface area contributed by atoms with Gasteiger partial charge in [0.15, 0.2) is 0 Å². The number of nitrogens with zero attached hydrogens (tertiary/aromatic N) is 3. The van der Waals surface area contributed by atoms with Crippen LogP contribution < -0.4 is 10.4 Å². The first-order chi connectivity index (χ1) is 18.0. The third-order valence-electron chi connectivity index (χ3n) is 6.96. The highest BCUT2D eigenvalue weighted by atomic mass is 28.4. The maximum atomic E-state index is 12.9. The van der Waals surface area contributed by atoms with Crippen LogP contribution in [0, 0.1) is 20.2 Å². The summed E-state index contributed by atoms with van der Waals surface area (Å²) in [6.45, 7) is 7.69. The van der Waals surface area contributed by atoms with Gasteiger partial charge < -0.3 is 9.33 Å². The highest BCUT2D eigenvalue weighted by Gasteiger charge is 2.50. The third-order valence-corrected chi connectivity index (χ3v) is 12.0. The molecular weight excluding hydrogens is 502 g/mol. The molecule has 3 aromatic rings. The Morgan fingerprint density at radius 1 is 0.921 bits per heavy atom. The lowest BCUT2D eigenvalue weighted by molar-refractivity contribution is -0.394. The van der Waals surface area contributed by atoms with Gasteiger partial charge in [-0.25, -0.2) is 0 Å². The van der Waals surface area contributed by atoms with Crippen molar-refractivity contribution in [3.8, 4) is 0 Å². The van der Waals surface area contributed by atoms with Crippen molar-refractivity contribution in [1.29, 1.82) is 0 Å². The van der Waals surface area contributed by atoms with Gasteiger partial charge in [0, 0.05) is 31.3 Å². The molecule has 1 aliphatic heterocycles. The van der Waals surface area contributed by atoms with Crippen LogP contribution in [0.25, 0.3) is 0 Å². The standard InChI is InChI=1S/C28H31N3O6Si/c1-28(2,3)38(25-12-6-4-7-13-25,26-14-8-5-9-15-26)37-16-10-11-22-20-29(22)27(32)21-17-23(30(33)34)19-24(18-21)31(35)36/h4-9,12-15,17-19,22H,10-11,16,20H2,1-3H3/t22-,29?/m1/s1. The second-order valence-electron chi connectivity index (χ2n) is 10.5. The van der Waals surface area contributed by atoms with Crippen molar-refractivity contribution >= 4 is 36.0 Å². The predicted molar refractivity (Wildman–Crippen MR) is 147 cm³/mol. The Balaban J connectivity index is 1.45. The van der Waals surface area contributed by atoms with Crippen LogP contribution in [0.3, 0.4) is 0 Å². The predicted octanol–water partition coefficient (Wildman–Crippen LogP) is 4.68. The molecule has 1 saturated heterocycles. The van der Waals surface area contributed by atoms with Gasteiger partial charge in [-0.3, -0.25) is 25.0 Å². The number of non-ortho nitro benzene ring substituents is 2. The second kappa shape index (κ2) is 10.8. The maximum Gasteiger partial charge on any atom is 0.277 e. The SMILES string of the molecule is CC(C)(C)[Si](OCCC[C@@H]1CN1C(=O)c1cc([N+](=O)[O-])cc([N+](=O)[O-])c1)(c1ccccc1)c1ccccc1. The first-order valence-corrected chi connectivity index (χ1v) is 14.5. The van der Waals surface area contributed by atoms with Gasteiger partial charge in [-0.2, -0.15) is 0 Å². The summed E-state index contributed by atoms with van der Waals surface area (Å²) in [6.07, 6.45) is 1.44. The molecule has 0 N–H and O–H groups in total. The summed E-state index contributed by atoms with van der Waals surface area (Å²) in [7, 11) is -2.63. The lowest BCUT2D eigenvalue weighted by Gasteiger charge is -2.43. The molecule has 0 spiro atoms. The highest BCUT2D eigenvalue weighted by molar-refractivity contribution is 6.99. The topological polar surface area (TPSA) is 116 Å². The minimum atomic E-state index is -2.63. The lowest BCUT2D eigenvalue weighted by Crippen LogP contribution is -2.66. The number of benzene rings is 3. The number of amides is 1. The maximum absolute atomic E-state index is 12.9. The Bertz CT molecular complexity index is 1260. The summed E-state index contributed by atoms with van der Waals surface area (Å²) < 4.78 is 6.89. The molecule has 0 aliphatic carbocycles. The summed E-state index contributed by atoms with van der Waals surface area (Å²) >= 11 is 0. The van der Waals surface area contributed by atoms with Crippen molar-refractivity contribution in [2.45, 2.75) is 44.7 Å². The van der Waals surface area contributed by atoms with E-state index in [1.165, 1.54) is 10.4 Å². The Labute approximate surface area is 222 Å². The first kappa shape index (κ1) is 27.1. The minimum absolute atomic E-state index is 0.0245. The van der Waals surface area contributed by atoms with E-state index < -0.39 is 35.4 Å².